The predicted molar refractivity (Wildman–Crippen MR) is 79.6 cm³/mol. The molecule has 112 valence electrons. The second-order valence-corrected chi connectivity index (χ2v) is 6.69. The van der Waals surface area contributed by atoms with Gasteiger partial charge in [-0.25, -0.2) is 0 Å². The molecular formula is C15H31N3O. The van der Waals surface area contributed by atoms with Gasteiger partial charge in [-0.05, 0) is 53.8 Å². The molecule has 1 atom stereocenters. The van der Waals surface area contributed by atoms with Gasteiger partial charge in [0.15, 0.2) is 0 Å². The third kappa shape index (κ3) is 4.15. The number of nitrogens with one attached hydrogen (secondary N) is 1. The quantitative estimate of drug-likeness (QED) is 0.829. The fourth-order valence-electron chi connectivity index (χ4n) is 3.09. The maximum Gasteiger partial charge on any atom is 0.0829 e. The van der Waals surface area contributed by atoms with Crippen LogP contribution in [-0.4, -0.2) is 73.9 Å². The summed E-state index contributed by atoms with van der Waals surface area (Å²) in [6, 6.07) is 0.639. The van der Waals surface area contributed by atoms with Crippen molar-refractivity contribution >= 4 is 0 Å². The topological polar surface area (TPSA) is 27.7 Å². The Morgan fingerprint density at radius 1 is 1.26 bits per heavy atom. The maximum atomic E-state index is 5.94. The fraction of sp³-hybridized carbons (Fsp3) is 1.00. The number of piperidine rings is 1. The summed E-state index contributed by atoms with van der Waals surface area (Å²) < 4.78 is 5.94. The highest BCUT2D eigenvalue weighted by molar-refractivity contribution is 4.89. The normalized spacial score (nSPS) is 29.8. The van der Waals surface area contributed by atoms with Gasteiger partial charge in [-0.1, -0.05) is 0 Å². The second-order valence-electron chi connectivity index (χ2n) is 6.69. The van der Waals surface area contributed by atoms with Crippen LogP contribution in [0.15, 0.2) is 0 Å². The Morgan fingerprint density at radius 3 is 2.53 bits per heavy atom. The summed E-state index contributed by atoms with van der Waals surface area (Å²) >= 11 is 0. The molecule has 0 bridgehead atoms. The molecule has 0 spiro atoms. The zero-order chi connectivity index (χ0) is 13.9. The van der Waals surface area contributed by atoms with E-state index < -0.39 is 0 Å². The highest BCUT2D eigenvalue weighted by Crippen LogP contribution is 2.22. The Morgan fingerprint density at radius 2 is 1.95 bits per heavy atom. The molecule has 0 aromatic carbocycles. The number of hydrogen-bond donors (Lipinski definition) is 1. The van der Waals surface area contributed by atoms with Crippen LogP contribution in [0.1, 0.15) is 33.6 Å². The van der Waals surface area contributed by atoms with E-state index in [4.69, 9.17) is 4.74 Å². The van der Waals surface area contributed by atoms with Gasteiger partial charge in [0.25, 0.3) is 0 Å². The molecule has 2 fully saturated rings. The number of rotatable bonds is 4. The average Bonchev–Trinajstić information content (AvgIpc) is 2.42. The third-order valence-corrected chi connectivity index (χ3v) is 4.93. The molecule has 19 heavy (non-hydrogen) atoms. The molecule has 4 heteroatoms. The summed E-state index contributed by atoms with van der Waals surface area (Å²) in [4.78, 5) is 5.11. The van der Waals surface area contributed by atoms with Crippen molar-refractivity contribution < 1.29 is 4.74 Å². The first kappa shape index (κ1) is 15.2. The van der Waals surface area contributed by atoms with Gasteiger partial charge in [0.05, 0.1) is 12.7 Å². The third-order valence-electron chi connectivity index (χ3n) is 4.93. The first-order valence-electron chi connectivity index (χ1n) is 7.79. The molecule has 0 saturated carbocycles. The minimum absolute atomic E-state index is 0.341. The Hall–Kier alpha value is -0.160. The van der Waals surface area contributed by atoms with Gasteiger partial charge in [-0.3, -0.25) is 4.90 Å². The van der Waals surface area contributed by atoms with E-state index in [2.05, 4.69) is 42.9 Å². The largest absolute Gasteiger partial charge is 0.374 e. The minimum Gasteiger partial charge on any atom is -0.374 e. The average molecular weight is 269 g/mol. The molecule has 4 nitrogen and oxygen atoms in total. The monoisotopic (exact) mass is 269 g/mol. The molecule has 2 aliphatic heterocycles. The summed E-state index contributed by atoms with van der Waals surface area (Å²) in [5, 5.41) is 3.46. The van der Waals surface area contributed by atoms with Crippen LogP contribution < -0.4 is 5.32 Å². The zero-order valence-electron chi connectivity index (χ0n) is 13.1. The lowest BCUT2D eigenvalue weighted by atomic mass is 9.90. The number of ether oxygens (including phenoxy) is 1. The molecule has 1 unspecified atom stereocenters. The lowest BCUT2D eigenvalue weighted by molar-refractivity contribution is -0.0559. The molecule has 1 N–H and O–H groups in total. The fourth-order valence-corrected chi connectivity index (χ4v) is 3.09. The molecule has 0 aliphatic carbocycles. The number of likely N-dealkylation sites (tertiary alicyclic amines) is 1. The van der Waals surface area contributed by atoms with E-state index in [-0.39, 0.29) is 0 Å². The molecule has 2 rings (SSSR count). The van der Waals surface area contributed by atoms with E-state index >= 15 is 0 Å². The van der Waals surface area contributed by atoms with E-state index in [1.807, 2.05) is 0 Å². The Kier molecular flexibility index (Phi) is 5.23. The van der Waals surface area contributed by atoms with Crippen LogP contribution in [0, 0.1) is 0 Å². The maximum absolute atomic E-state index is 5.94. The Balaban J connectivity index is 1.76. The molecule has 0 aromatic heterocycles. The van der Waals surface area contributed by atoms with Crippen LogP contribution in [0.25, 0.3) is 0 Å². The van der Waals surface area contributed by atoms with Crippen molar-refractivity contribution in [2.75, 3.05) is 46.4 Å². The smallest absolute Gasteiger partial charge is 0.0829 e. The van der Waals surface area contributed by atoms with E-state index in [9.17, 15) is 0 Å². The van der Waals surface area contributed by atoms with Gasteiger partial charge in [0.1, 0.15) is 0 Å². The summed E-state index contributed by atoms with van der Waals surface area (Å²) in [5.41, 5.74) is 0.341. The van der Waals surface area contributed by atoms with Crippen molar-refractivity contribution in [3.05, 3.63) is 0 Å². The zero-order valence-corrected chi connectivity index (χ0v) is 13.1. The SMILES string of the molecule is CNC1(C)CCN(CC2CN(C(C)C)CCO2)CC1. The molecule has 2 aliphatic rings. The number of hydrogen-bond acceptors (Lipinski definition) is 4. The van der Waals surface area contributed by atoms with Gasteiger partial charge in [-0.15, -0.1) is 0 Å². The molecular weight excluding hydrogens is 238 g/mol. The van der Waals surface area contributed by atoms with Gasteiger partial charge >= 0.3 is 0 Å². The van der Waals surface area contributed by atoms with Crippen molar-refractivity contribution in [1.82, 2.24) is 15.1 Å². The van der Waals surface area contributed by atoms with Crippen molar-refractivity contribution in [3.8, 4) is 0 Å². The van der Waals surface area contributed by atoms with E-state index in [1.54, 1.807) is 0 Å². The van der Waals surface area contributed by atoms with Crippen LogP contribution in [0.3, 0.4) is 0 Å². The van der Waals surface area contributed by atoms with Gasteiger partial charge < -0.3 is 15.0 Å². The molecule has 0 aromatic rings. The number of morpholine rings is 1. The van der Waals surface area contributed by atoms with Crippen molar-refractivity contribution in [1.29, 1.82) is 0 Å². The molecule has 0 radical (unpaired) electrons. The van der Waals surface area contributed by atoms with E-state index in [1.165, 1.54) is 25.9 Å². The summed E-state index contributed by atoms with van der Waals surface area (Å²) in [6.45, 7) is 13.5. The Bertz CT molecular complexity index is 275. The lowest BCUT2D eigenvalue weighted by Gasteiger charge is -2.42. The van der Waals surface area contributed by atoms with Crippen molar-refractivity contribution in [2.45, 2.75) is 51.3 Å². The number of nitrogens with zero attached hydrogens (tertiary/aromatic N) is 2. The first-order chi connectivity index (χ1) is 9.02. The van der Waals surface area contributed by atoms with Crippen LogP contribution in [0.2, 0.25) is 0 Å². The second kappa shape index (κ2) is 6.53. The summed E-state index contributed by atoms with van der Waals surface area (Å²) in [7, 11) is 2.08. The standard InChI is InChI=1S/C15H31N3O/c1-13(2)18-9-10-19-14(12-18)11-17-7-5-15(3,16-4)6-8-17/h13-14,16H,5-12H2,1-4H3. The van der Waals surface area contributed by atoms with Crippen molar-refractivity contribution in [2.24, 2.45) is 0 Å². The Labute approximate surface area is 118 Å². The lowest BCUT2D eigenvalue weighted by Crippen LogP contribution is -2.54. The highest BCUT2D eigenvalue weighted by Gasteiger charge is 2.30. The van der Waals surface area contributed by atoms with Crippen LogP contribution >= 0.6 is 0 Å². The summed E-state index contributed by atoms with van der Waals surface area (Å²) in [6.07, 6.45) is 2.88. The van der Waals surface area contributed by atoms with Crippen LogP contribution in [0.4, 0.5) is 0 Å². The van der Waals surface area contributed by atoms with Gasteiger partial charge in [0, 0.05) is 31.2 Å². The molecule has 0 amide bonds. The molecule has 2 heterocycles. The first-order valence-corrected chi connectivity index (χ1v) is 7.79. The molecule has 2 saturated heterocycles. The van der Waals surface area contributed by atoms with Crippen molar-refractivity contribution in [3.63, 3.8) is 0 Å². The van der Waals surface area contributed by atoms with Crippen LogP contribution in [0.5, 0.6) is 0 Å². The van der Waals surface area contributed by atoms with Gasteiger partial charge in [-0.2, -0.15) is 0 Å². The highest BCUT2D eigenvalue weighted by atomic mass is 16.5. The predicted octanol–water partition coefficient (Wildman–Crippen LogP) is 1.17. The van der Waals surface area contributed by atoms with Gasteiger partial charge in [0.2, 0.25) is 0 Å². The summed E-state index contributed by atoms with van der Waals surface area (Å²) in [5.74, 6) is 0. The van der Waals surface area contributed by atoms with E-state index in [0.717, 1.165) is 26.2 Å². The van der Waals surface area contributed by atoms with Crippen LogP contribution in [-0.2, 0) is 4.74 Å². The van der Waals surface area contributed by atoms with E-state index in [0.29, 0.717) is 17.7 Å². The minimum atomic E-state index is 0.341.